The number of hydrogen-bond donors (Lipinski definition) is 2. The molecule has 0 saturated heterocycles. The van der Waals surface area contributed by atoms with Gasteiger partial charge in [0, 0.05) is 29.2 Å². The van der Waals surface area contributed by atoms with Crippen LogP contribution in [0.4, 0.5) is 4.79 Å². The second-order valence-corrected chi connectivity index (χ2v) is 10.6. The number of benzene rings is 2. The van der Waals surface area contributed by atoms with Crippen molar-refractivity contribution in [3.8, 4) is 11.4 Å². The maximum absolute atomic E-state index is 13.0. The van der Waals surface area contributed by atoms with E-state index in [1.807, 2.05) is 54.0 Å². The highest BCUT2D eigenvalue weighted by molar-refractivity contribution is 6.30. The van der Waals surface area contributed by atoms with Crippen molar-refractivity contribution >= 4 is 29.3 Å². The highest BCUT2D eigenvalue weighted by atomic mass is 35.5. The van der Waals surface area contributed by atoms with Crippen molar-refractivity contribution in [1.29, 1.82) is 0 Å². The van der Waals surface area contributed by atoms with Crippen LogP contribution >= 0.6 is 11.6 Å². The molecule has 1 aliphatic rings. The molecule has 0 bridgehead atoms. The van der Waals surface area contributed by atoms with Crippen LogP contribution in [0.2, 0.25) is 5.02 Å². The Hall–Kier alpha value is -3.92. The number of fused-ring (bicyclic) bond motifs is 3. The highest BCUT2D eigenvalue weighted by Gasteiger charge is 2.30. The van der Waals surface area contributed by atoms with E-state index in [-0.39, 0.29) is 12.3 Å². The van der Waals surface area contributed by atoms with Crippen molar-refractivity contribution in [2.45, 2.75) is 52.2 Å². The number of nitrogens with zero attached hydrogens (tertiary/aromatic N) is 4. The summed E-state index contributed by atoms with van der Waals surface area (Å²) in [6.45, 7) is 8.04. The number of ether oxygens (including phenoxy) is 2. The summed E-state index contributed by atoms with van der Waals surface area (Å²) in [5.74, 6) is 1.75. The number of aliphatic imine (C=N–C) groups is 1. The van der Waals surface area contributed by atoms with Gasteiger partial charge >= 0.3 is 6.09 Å². The predicted octanol–water partition coefficient (Wildman–Crippen LogP) is 4.55. The molecule has 2 aromatic carbocycles. The SMILES string of the molecule is COc1ccc2c(c1)C(c1ccc(Cl)cc1)=N[C@@H](CC(=O)NCCCNC(=O)OC(C)(C)C)c1nnc(C)n1-2. The van der Waals surface area contributed by atoms with E-state index in [0.717, 1.165) is 16.8 Å². The average molecular weight is 553 g/mol. The molecular weight excluding hydrogens is 520 g/mol. The van der Waals surface area contributed by atoms with E-state index in [1.165, 1.54) is 0 Å². The molecule has 2 heterocycles. The fourth-order valence-electron chi connectivity index (χ4n) is 4.25. The first-order valence-electron chi connectivity index (χ1n) is 12.7. The second kappa shape index (κ2) is 11.9. The first-order valence-corrected chi connectivity index (χ1v) is 13.1. The molecule has 11 heteroatoms. The Morgan fingerprint density at radius 1 is 1.05 bits per heavy atom. The van der Waals surface area contributed by atoms with Crippen LogP contribution < -0.4 is 15.4 Å². The molecule has 0 aliphatic carbocycles. The van der Waals surface area contributed by atoms with E-state index in [2.05, 4.69) is 20.8 Å². The molecule has 2 amide bonds. The third-order valence-electron chi connectivity index (χ3n) is 5.97. The smallest absolute Gasteiger partial charge is 0.407 e. The monoisotopic (exact) mass is 552 g/mol. The third kappa shape index (κ3) is 6.94. The summed E-state index contributed by atoms with van der Waals surface area (Å²) in [6, 6.07) is 12.6. The lowest BCUT2D eigenvalue weighted by atomic mass is 10.00. The molecule has 0 saturated carbocycles. The lowest BCUT2D eigenvalue weighted by Gasteiger charge is -2.19. The molecule has 206 valence electrons. The molecule has 1 atom stereocenters. The van der Waals surface area contributed by atoms with Crippen LogP contribution in [0.25, 0.3) is 5.69 Å². The number of aryl methyl sites for hydroxylation is 1. The molecule has 2 N–H and O–H groups in total. The summed E-state index contributed by atoms with van der Waals surface area (Å²) in [6.07, 6.45) is 0.136. The van der Waals surface area contributed by atoms with Crippen molar-refractivity contribution in [3.05, 3.63) is 70.3 Å². The van der Waals surface area contributed by atoms with Gasteiger partial charge in [-0.2, -0.15) is 0 Å². The molecule has 0 spiro atoms. The summed E-state index contributed by atoms with van der Waals surface area (Å²) in [4.78, 5) is 29.9. The minimum atomic E-state index is -0.588. The Bertz CT molecular complexity index is 1380. The minimum Gasteiger partial charge on any atom is -0.497 e. The van der Waals surface area contributed by atoms with Gasteiger partial charge in [0.15, 0.2) is 5.82 Å². The molecule has 10 nitrogen and oxygen atoms in total. The number of aromatic nitrogens is 3. The van der Waals surface area contributed by atoms with Crippen molar-refractivity contribution in [2.24, 2.45) is 4.99 Å². The van der Waals surface area contributed by atoms with Gasteiger partial charge in [-0.15, -0.1) is 10.2 Å². The van der Waals surface area contributed by atoms with Crippen molar-refractivity contribution in [3.63, 3.8) is 0 Å². The van der Waals surface area contributed by atoms with Gasteiger partial charge in [-0.05, 0) is 64.4 Å². The molecular formula is C28H33ClN6O4. The van der Waals surface area contributed by atoms with Crippen LogP contribution in [-0.4, -0.2) is 58.3 Å². The Morgan fingerprint density at radius 2 is 1.77 bits per heavy atom. The molecule has 1 aliphatic heterocycles. The third-order valence-corrected chi connectivity index (χ3v) is 6.22. The summed E-state index contributed by atoms with van der Waals surface area (Å²) < 4.78 is 12.7. The standard InChI is InChI=1S/C28H33ClN6O4/c1-17-33-34-26-22(16-24(36)30-13-6-14-31-27(37)39-28(2,3)4)32-25(18-7-9-19(29)10-8-18)21-15-20(38-5)11-12-23(21)35(17)26/h7-12,15,22H,6,13-14,16H2,1-5H3,(H,30,36)(H,31,37)/t22-/m0/s1. The maximum Gasteiger partial charge on any atom is 0.407 e. The van der Waals surface area contributed by atoms with Crippen LogP contribution in [0.3, 0.4) is 0 Å². The fourth-order valence-corrected chi connectivity index (χ4v) is 4.37. The molecule has 39 heavy (non-hydrogen) atoms. The maximum atomic E-state index is 13.0. The molecule has 0 unspecified atom stereocenters. The predicted molar refractivity (Wildman–Crippen MR) is 149 cm³/mol. The number of amides is 2. The van der Waals surface area contributed by atoms with E-state index in [0.29, 0.717) is 47.6 Å². The van der Waals surface area contributed by atoms with Gasteiger partial charge in [-0.3, -0.25) is 14.4 Å². The Kier molecular flexibility index (Phi) is 8.54. The largest absolute Gasteiger partial charge is 0.497 e. The van der Waals surface area contributed by atoms with Crippen LogP contribution in [0, 0.1) is 6.92 Å². The molecule has 3 aromatic rings. The van der Waals surface area contributed by atoms with E-state index in [1.54, 1.807) is 27.9 Å². The zero-order valence-electron chi connectivity index (χ0n) is 22.7. The van der Waals surface area contributed by atoms with Gasteiger partial charge in [0.1, 0.15) is 23.2 Å². The molecule has 4 rings (SSSR count). The van der Waals surface area contributed by atoms with Crippen molar-refractivity contribution < 1.29 is 19.1 Å². The Balaban J connectivity index is 1.55. The zero-order chi connectivity index (χ0) is 28.2. The first-order chi connectivity index (χ1) is 18.6. The number of carbonyl (C=O) groups excluding carboxylic acids is 2. The number of hydrogen-bond acceptors (Lipinski definition) is 7. The number of alkyl carbamates (subject to hydrolysis) is 1. The number of rotatable bonds is 8. The van der Waals surface area contributed by atoms with Crippen molar-refractivity contribution in [1.82, 2.24) is 25.4 Å². The molecule has 0 fully saturated rings. The topological polar surface area (TPSA) is 120 Å². The summed E-state index contributed by atoms with van der Waals surface area (Å²) in [5.41, 5.74) is 2.66. The Morgan fingerprint density at radius 3 is 2.46 bits per heavy atom. The highest BCUT2D eigenvalue weighted by Crippen LogP contribution is 2.34. The number of halogens is 1. The summed E-state index contributed by atoms with van der Waals surface area (Å²) in [7, 11) is 1.61. The van der Waals surface area contributed by atoms with Gasteiger partial charge in [0.25, 0.3) is 0 Å². The summed E-state index contributed by atoms with van der Waals surface area (Å²) in [5, 5.41) is 14.9. The van der Waals surface area contributed by atoms with Gasteiger partial charge in [-0.25, -0.2) is 4.79 Å². The van der Waals surface area contributed by atoms with Crippen LogP contribution in [0.1, 0.15) is 62.4 Å². The van der Waals surface area contributed by atoms with Crippen LogP contribution in [-0.2, 0) is 9.53 Å². The minimum absolute atomic E-state index is 0.0693. The normalized spacial score (nSPS) is 14.4. The lowest BCUT2D eigenvalue weighted by Crippen LogP contribution is -2.34. The summed E-state index contributed by atoms with van der Waals surface area (Å²) >= 11 is 6.16. The van der Waals surface area contributed by atoms with Crippen molar-refractivity contribution in [2.75, 3.05) is 20.2 Å². The van der Waals surface area contributed by atoms with E-state index < -0.39 is 17.7 Å². The lowest BCUT2D eigenvalue weighted by molar-refractivity contribution is -0.121. The van der Waals surface area contributed by atoms with Gasteiger partial charge < -0.3 is 20.1 Å². The number of carbonyl (C=O) groups is 2. The van der Waals surface area contributed by atoms with E-state index in [9.17, 15) is 9.59 Å². The van der Waals surface area contributed by atoms with Gasteiger partial charge in [0.05, 0.1) is 24.9 Å². The first kappa shape index (κ1) is 28.1. The van der Waals surface area contributed by atoms with E-state index in [4.69, 9.17) is 26.1 Å². The number of methoxy groups -OCH3 is 1. The molecule has 0 radical (unpaired) electrons. The van der Waals surface area contributed by atoms with E-state index >= 15 is 0 Å². The van der Waals surface area contributed by atoms with Crippen LogP contribution in [0.5, 0.6) is 5.75 Å². The quantitative estimate of drug-likeness (QED) is 0.396. The van der Waals surface area contributed by atoms with Gasteiger partial charge in [-0.1, -0.05) is 23.7 Å². The zero-order valence-corrected chi connectivity index (χ0v) is 23.5. The molecule has 1 aromatic heterocycles. The second-order valence-electron chi connectivity index (χ2n) is 10.2. The van der Waals surface area contributed by atoms with Crippen LogP contribution in [0.15, 0.2) is 47.5 Å². The number of nitrogens with one attached hydrogen (secondary N) is 2. The fraction of sp³-hybridized carbons (Fsp3) is 0.393. The Labute approximate surface area is 232 Å². The average Bonchev–Trinajstić information content (AvgIpc) is 3.20. The van der Waals surface area contributed by atoms with Gasteiger partial charge in [0.2, 0.25) is 5.91 Å².